The van der Waals surface area contributed by atoms with Gasteiger partial charge in [0.25, 0.3) is 5.56 Å². The second-order valence-corrected chi connectivity index (χ2v) is 7.39. The number of carbonyl (C=O) groups excluding carboxylic acids is 1. The third kappa shape index (κ3) is 3.19. The van der Waals surface area contributed by atoms with Gasteiger partial charge in [0, 0.05) is 31.6 Å². The number of hydrogen-bond donors (Lipinski definition) is 0. The first kappa shape index (κ1) is 14.9. The molecule has 0 spiro atoms. The van der Waals surface area contributed by atoms with Crippen molar-refractivity contribution in [3.8, 4) is 0 Å². The fourth-order valence-corrected chi connectivity index (χ4v) is 3.90. The van der Waals surface area contributed by atoms with E-state index in [0.29, 0.717) is 24.3 Å². The number of hydrogen-bond acceptors (Lipinski definition) is 3. The van der Waals surface area contributed by atoms with E-state index in [1.54, 1.807) is 10.7 Å². The van der Waals surface area contributed by atoms with Crippen LogP contribution >= 0.6 is 0 Å². The van der Waals surface area contributed by atoms with Gasteiger partial charge in [0.05, 0.1) is 5.69 Å². The number of rotatable bonds is 3. The molecule has 0 radical (unpaired) electrons. The van der Waals surface area contributed by atoms with Crippen molar-refractivity contribution in [2.45, 2.75) is 57.9 Å². The molecule has 1 aliphatic heterocycles. The highest BCUT2D eigenvalue weighted by atomic mass is 16.2. The number of aromatic nitrogens is 2. The molecule has 1 saturated carbocycles. The molecule has 0 unspecified atom stereocenters. The molecule has 0 aromatic carbocycles. The lowest BCUT2D eigenvalue weighted by Gasteiger charge is -2.32. The molecule has 1 aromatic heterocycles. The van der Waals surface area contributed by atoms with Crippen molar-refractivity contribution < 1.29 is 4.79 Å². The van der Waals surface area contributed by atoms with E-state index in [9.17, 15) is 9.59 Å². The lowest BCUT2D eigenvalue weighted by atomic mass is 9.95. The van der Waals surface area contributed by atoms with E-state index in [2.05, 4.69) is 5.10 Å². The molecule has 0 bridgehead atoms. The third-order valence-electron chi connectivity index (χ3n) is 5.56. The summed E-state index contributed by atoms with van der Waals surface area (Å²) in [5.41, 5.74) is 2.32. The molecule has 5 heteroatoms. The number of aryl methyl sites for hydroxylation is 2. The van der Waals surface area contributed by atoms with Crippen molar-refractivity contribution in [1.29, 1.82) is 0 Å². The molecule has 1 saturated heterocycles. The Balaban J connectivity index is 1.39. The van der Waals surface area contributed by atoms with E-state index in [1.165, 1.54) is 12.8 Å². The van der Waals surface area contributed by atoms with Crippen LogP contribution in [0.4, 0.5) is 0 Å². The van der Waals surface area contributed by atoms with Crippen molar-refractivity contribution in [3.05, 3.63) is 27.7 Å². The molecule has 0 atom stereocenters. The van der Waals surface area contributed by atoms with Crippen LogP contribution in [-0.2, 0) is 24.2 Å². The fraction of sp³-hybridized carbons (Fsp3) is 0.722. The highest BCUT2D eigenvalue weighted by Gasteiger charge is 2.35. The van der Waals surface area contributed by atoms with Gasteiger partial charge < -0.3 is 4.90 Å². The van der Waals surface area contributed by atoms with Gasteiger partial charge in [0.15, 0.2) is 0 Å². The maximum atomic E-state index is 12.3. The first-order valence-electron chi connectivity index (χ1n) is 9.09. The van der Waals surface area contributed by atoms with E-state index >= 15 is 0 Å². The van der Waals surface area contributed by atoms with Gasteiger partial charge in [0.1, 0.15) is 0 Å². The Morgan fingerprint density at radius 2 is 1.87 bits per heavy atom. The van der Waals surface area contributed by atoms with E-state index < -0.39 is 0 Å². The summed E-state index contributed by atoms with van der Waals surface area (Å²) in [5.74, 6) is 1.13. The van der Waals surface area contributed by atoms with Crippen LogP contribution in [-0.4, -0.2) is 33.7 Å². The maximum Gasteiger partial charge on any atom is 0.267 e. The minimum absolute atomic E-state index is 0.0436. The Bertz CT molecular complexity index is 655. The van der Waals surface area contributed by atoms with Crippen molar-refractivity contribution in [2.24, 2.45) is 11.8 Å². The number of carbonyl (C=O) groups is 1. The smallest absolute Gasteiger partial charge is 0.267 e. The van der Waals surface area contributed by atoms with Crippen LogP contribution in [0.2, 0.25) is 0 Å². The van der Waals surface area contributed by atoms with Crippen LogP contribution in [0, 0.1) is 11.8 Å². The Morgan fingerprint density at radius 3 is 2.61 bits per heavy atom. The molecule has 2 heterocycles. The Morgan fingerprint density at radius 1 is 1.13 bits per heavy atom. The monoisotopic (exact) mass is 315 g/mol. The predicted octanol–water partition coefficient (Wildman–Crippen LogP) is 1.77. The molecule has 3 aliphatic rings. The second kappa shape index (κ2) is 6.10. The largest absolute Gasteiger partial charge is 0.342 e. The summed E-state index contributed by atoms with van der Waals surface area (Å²) in [7, 11) is 0. The van der Waals surface area contributed by atoms with Crippen LogP contribution in [0.15, 0.2) is 10.9 Å². The lowest BCUT2D eigenvalue weighted by molar-refractivity contribution is -0.134. The SMILES string of the molecule is O=C(C1CC1)N1CCC(Cn2nc3c(cc2=O)CCCC3)CC1. The van der Waals surface area contributed by atoms with E-state index in [1.807, 2.05) is 4.90 Å². The third-order valence-corrected chi connectivity index (χ3v) is 5.56. The molecule has 124 valence electrons. The highest BCUT2D eigenvalue weighted by molar-refractivity contribution is 5.81. The average molecular weight is 315 g/mol. The van der Waals surface area contributed by atoms with Crippen molar-refractivity contribution in [1.82, 2.24) is 14.7 Å². The molecular weight excluding hydrogens is 290 g/mol. The summed E-state index contributed by atoms with van der Waals surface area (Å²) < 4.78 is 1.67. The van der Waals surface area contributed by atoms with Crippen molar-refractivity contribution in [3.63, 3.8) is 0 Å². The van der Waals surface area contributed by atoms with Crippen LogP contribution in [0.25, 0.3) is 0 Å². The van der Waals surface area contributed by atoms with Gasteiger partial charge in [0.2, 0.25) is 5.91 Å². The van der Waals surface area contributed by atoms with Gasteiger partial charge in [-0.05, 0) is 62.8 Å². The Labute approximate surface area is 136 Å². The van der Waals surface area contributed by atoms with E-state index in [-0.39, 0.29) is 5.56 Å². The zero-order valence-corrected chi connectivity index (χ0v) is 13.7. The minimum atomic E-state index is 0.0436. The fourth-order valence-electron chi connectivity index (χ4n) is 3.90. The molecule has 2 fully saturated rings. The second-order valence-electron chi connectivity index (χ2n) is 7.39. The van der Waals surface area contributed by atoms with Gasteiger partial charge >= 0.3 is 0 Å². The van der Waals surface area contributed by atoms with Gasteiger partial charge in [-0.2, -0.15) is 5.10 Å². The maximum absolute atomic E-state index is 12.3. The zero-order valence-electron chi connectivity index (χ0n) is 13.7. The molecule has 2 aliphatic carbocycles. The number of piperidine rings is 1. The molecule has 4 rings (SSSR count). The van der Waals surface area contributed by atoms with Crippen molar-refractivity contribution in [2.75, 3.05) is 13.1 Å². The lowest BCUT2D eigenvalue weighted by Crippen LogP contribution is -2.41. The summed E-state index contributed by atoms with van der Waals surface area (Å²) >= 11 is 0. The van der Waals surface area contributed by atoms with E-state index in [4.69, 9.17) is 0 Å². The standard InChI is InChI=1S/C18H25N3O2/c22-17-11-15-3-1-2-4-16(15)19-21(17)12-13-7-9-20(10-8-13)18(23)14-5-6-14/h11,13-14H,1-10,12H2. The summed E-state index contributed by atoms with van der Waals surface area (Å²) in [6.07, 6.45) is 8.49. The summed E-state index contributed by atoms with van der Waals surface area (Å²) in [6, 6.07) is 1.80. The zero-order chi connectivity index (χ0) is 15.8. The van der Waals surface area contributed by atoms with Crippen LogP contribution < -0.4 is 5.56 Å². The number of amides is 1. The number of fused-ring (bicyclic) bond motifs is 1. The molecule has 0 N–H and O–H groups in total. The average Bonchev–Trinajstić information content (AvgIpc) is 3.40. The van der Waals surface area contributed by atoms with Crippen LogP contribution in [0.1, 0.15) is 49.8 Å². The number of nitrogens with zero attached hydrogens (tertiary/aromatic N) is 3. The molecular formula is C18H25N3O2. The van der Waals surface area contributed by atoms with Crippen LogP contribution in [0.3, 0.4) is 0 Å². The normalized spacial score (nSPS) is 22.0. The first-order valence-corrected chi connectivity index (χ1v) is 9.09. The predicted molar refractivity (Wildman–Crippen MR) is 87.2 cm³/mol. The van der Waals surface area contributed by atoms with Gasteiger partial charge in [-0.1, -0.05) is 0 Å². The van der Waals surface area contributed by atoms with Gasteiger partial charge in [-0.15, -0.1) is 0 Å². The van der Waals surface area contributed by atoms with Crippen molar-refractivity contribution >= 4 is 5.91 Å². The molecule has 23 heavy (non-hydrogen) atoms. The quantitative estimate of drug-likeness (QED) is 0.854. The minimum Gasteiger partial charge on any atom is -0.342 e. The Kier molecular flexibility index (Phi) is 3.95. The summed E-state index contributed by atoms with van der Waals surface area (Å²) in [5, 5.41) is 4.62. The van der Waals surface area contributed by atoms with Gasteiger partial charge in [-0.25, -0.2) is 4.68 Å². The van der Waals surface area contributed by atoms with Gasteiger partial charge in [-0.3, -0.25) is 9.59 Å². The Hall–Kier alpha value is -1.65. The topological polar surface area (TPSA) is 55.2 Å². The summed E-state index contributed by atoms with van der Waals surface area (Å²) in [4.78, 5) is 26.4. The van der Waals surface area contributed by atoms with Crippen LogP contribution in [0.5, 0.6) is 0 Å². The van der Waals surface area contributed by atoms with E-state index in [0.717, 1.165) is 62.9 Å². The molecule has 1 amide bonds. The first-order chi connectivity index (χ1) is 11.2. The summed E-state index contributed by atoms with van der Waals surface area (Å²) in [6.45, 7) is 2.40. The number of likely N-dealkylation sites (tertiary alicyclic amines) is 1. The molecule has 1 aromatic rings. The highest BCUT2D eigenvalue weighted by Crippen LogP contribution is 2.32. The molecule has 5 nitrogen and oxygen atoms in total.